The zero-order chi connectivity index (χ0) is 76.2. The topological polar surface area (TPSA) is 462 Å². The maximum absolute atomic E-state index is 14.4. The molecule has 32 heteroatoms. The second-order valence-corrected chi connectivity index (χ2v) is 26.7. The zero-order valence-electron chi connectivity index (χ0n) is 59.5. The van der Waals surface area contributed by atoms with Gasteiger partial charge in [0.05, 0.1) is 39.8 Å². The number of aryl methyl sites for hydroxylation is 1. The number of urea groups is 1. The van der Waals surface area contributed by atoms with Crippen molar-refractivity contribution in [1.82, 2.24) is 62.1 Å². The van der Waals surface area contributed by atoms with Gasteiger partial charge in [0.1, 0.15) is 29.9 Å². The van der Waals surface area contributed by atoms with Crippen molar-refractivity contribution < 1.29 is 97.7 Å². The Hall–Kier alpha value is -10.0. The van der Waals surface area contributed by atoms with E-state index in [1.165, 1.54) is 0 Å². The summed E-state index contributed by atoms with van der Waals surface area (Å²) < 4.78 is 5.22. The van der Waals surface area contributed by atoms with Gasteiger partial charge < -0.3 is 77.9 Å². The molecule has 1 heterocycles. The van der Waals surface area contributed by atoms with Gasteiger partial charge in [0.15, 0.2) is 0 Å². The number of ether oxygens (including phenoxy) is 1. The van der Waals surface area contributed by atoms with E-state index >= 15 is 0 Å². The summed E-state index contributed by atoms with van der Waals surface area (Å²) in [5.74, 6) is -9.69. The maximum Gasteiger partial charge on any atom is 0.326 e. The van der Waals surface area contributed by atoms with Crippen LogP contribution in [-0.2, 0) is 70.4 Å². The van der Waals surface area contributed by atoms with Gasteiger partial charge in [-0.2, -0.15) is 0 Å². The van der Waals surface area contributed by atoms with Gasteiger partial charge in [0.2, 0.25) is 35.4 Å². The van der Waals surface area contributed by atoms with Crippen LogP contribution in [0.2, 0.25) is 0 Å². The van der Waals surface area contributed by atoms with Crippen molar-refractivity contribution in [2.75, 3.05) is 112 Å². The Morgan fingerprint density at radius 1 is 0.457 bits per heavy atom. The lowest BCUT2D eigenvalue weighted by atomic mass is 9.81. The monoisotopic (exact) mass is 1470 g/mol. The van der Waals surface area contributed by atoms with E-state index in [9.17, 15) is 87.9 Å². The number of nitrogens with zero attached hydrogens (tertiary/aromatic N) is 4. The van der Waals surface area contributed by atoms with E-state index in [1.807, 2.05) is 72.8 Å². The number of hydrogen-bond acceptors (Lipinski definition) is 18. The van der Waals surface area contributed by atoms with E-state index in [0.717, 1.165) is 32.7 Å². The number of carbonyl (C=O) groups is 13. The Labute approximate surface area is 609 Å². The molecule has 1 saturated carbocycles. The highest BCUT2D eigenvalue weighted by Gasteiger charge is 2.33. The number of benzene rings is 4. The molecule has 0 bridgehead atoms. The Morgan fingerprint density at radius 3 is 1.45 bits per heavy atom. The Kier molecular flexibility index (Phi) is 35.6. The van der Waals surface area contributed by atoms with Gasteiger partial charge in [-0.15, -0.1) is 0 Å². The molecule has 6 rings (SSSR count). The molecule has 2 fully saturated rings. The SMILES string of the molecule is COc1ccc(CCCC(=O)NCC(=O)N[C@@H](CCCCNC(=O)CN2CCN(CC(=O)O)CCN(CC(=O)O)CCN(CC(=O)O)CC2)C(=O)NC[C@H]2CC[C@H](C(=O)N[C@@H](Cc3c4ccccc4cc4ccccc34)C(=O)NCCCC[C@H](NC(=O)N[C@@H](CCCC(=O)O)C(=O)O)C(=O)O)CC2)cc1. The fourth-order valence-corrected chi connectivity index (χ4v) is 12.9. The van der Waals surface area contributed by atoms with Crippen LogP contribution in [0.5, 0.6) is 5.75 Å². The number of carboxylic acids is 6. The van der Waals surface area contributed by atoms with Gasteiger partial charge in [0, 0.05) is 97.2 Å². The van der Waals surface area contributed by atoms with Crippen LogP contribution < -0.4 is 47.3 Å². The zero-order valence-corrected chi connectivity index (χ0v) is 59.5. The lowest BCUT2D eigenvalue weighted by Crippen LogP contribution is -2.51. The van der Waals surface area contributed by atoms with E-state index in [2.05, 4.69) is 48.6 Å². The Morgan fingerprint density at radius 2 is 0.943 bits per heavy atom. The van der Waals surface area contributed by atoms with Gasteiger partial charge in [-0.3, -0.25) is 67.5 Å². The first-order valence-corrected chi connectivity index (χ1v) is 35.8. The third kappa shape index (κ3) is 31.0. The quantitative estimate of drug-likeness (QED) is 0.0223. The predicted molar refractivity (Wildman–Crippen MR) is 385 cm³/mol. The van der Waals surface area contributed by atoms with E-state index in [4.69, 9.17) is 9.84 Å². The highest BCUT2D eigenvalue weighted by molar-refractivity contribution is 6.03. The van der Waals surface area contributed by atoms with Crippen molar-refractivity contribution in [3.8, 4) is 5.75 Å². The average Bonchev–Trinajstić information content (AvgIpc) is 0.773. The van der Waals surface area contributed by atoms with Crippen molar-refractivity contribution in [2.45, 2.75) is 133 Å². The lowest BCUT2D eigenvalue weighted by Gasteiger charge is -2.32. The van der Waals surface area contributed by atoms with Gasteiger partial charge in [-0.25, -0.2) is 14.4 Å². The molecule has 2 aliphatic rings. The molecule has 0 unspecified atom stereocenters. The van der Waals surface area contributed by atoms with Crippen LogP contribution in [0, 0.1) is 11.8 Å². The molecule has 4 aromatic rings. The first-order chi connectivity index (χ1) is 50.3. The smallest absolute Gasteiger partial charge is 0.326 e. The summed E-state index contributed by atoms with van der Waals surface area (Å²) in [5.41, 5.74) is 1.84. The third-order valence-corrected chi connectivity index (χ3v) is 18.8. The summed E-state index contributed by atoms with van der Waals surface area (Å²) in [7, 11) is 1.57. The van der Waals surface area contributed by atoms with Crippen LogP contribution in [0.15, 0.2) is 78.9 Å². The number of amides is 8. The number of hydrogen-bond donors (Lipinski definition) is 14. The highest BCUT2D eigenvalue weighted by atomic mass is 16.5. The molecule has 4 atom stereocenters. The minimum absolute atomic E-state index is 0.0427. The highest BCUT2D eigenvalue weighted by Crippen LogP contribution is 2.32. The number of rotatable bonds is 42. The minimum Gasteiger partial charge on any atom is -0.497 e. The molecule has 8 amide bonds. The second kappa shape index (κ2) is 44.6. The fourth-order valence-electron chi connectivity index (χ4n) is 12.9. The lowest BCUT2D eigenvalue weighted by molar-refractivity contribution is -0.141. The Bertz CT molecular complexity index is 3510. The van der Waals surface area contributed by atoms with Crippen LogP contribution in [0.1, 0.15) is 107 Å². The van der Waals surface area contributed by atoms with Crippen LogP contribution >= 0.6 is 0 Å². The molecule has 4 aromatic carbocycles. The summed E-state index contributed by atoms with van der Waals surface area (Å²) >= 11 is 0. The fraction of sp³-hybridized carbons (Fsp3) is 0.548. The number of fused-ring (bicyclic) bond motifs is 2. The number of carboxylic acid groups (broad SMARTS) is 6. The van der Waals surface area contributed by atoms with E-state index < -0.39 is 96.2 Å². The number of carbonyl (C=O) groups excluding carboxylic acids is 7. The predicted octanol–water partition coefficient (Wildman–Crippen LogP) is 2.08. The number of aliphatic carboxylic acids is 6. The molecule has 1 aliphatic carbocycles. The molecule has 1 saturated heterocycles. The van der Waals surface area contributed by atoms with Crippen LogP contribution in [0.4, 0.5) is 4.79 Å². The number of methoxy groups -OCH3 is 1. The second-order valence-electron chi connectivity index (χ2n) is 26.7. The summed E-state index contributed by atoms with van der Waals surface area (Å²) in [6.45, 7) is 0.806. The molecule has 14 N–H and O–H groups in total. The van der Waals surface area contributed by atoms with E-state index in [0.29, 0.717) is 57.1 Å². The molecule has 574 valence electrons. The molecule has 32 nitrogen and oxygen atoms in total. The van der Waals surface area contributed by atoms with Crippen LogP contribution in [0.25, 0.3) is 21.5 Å². The molecule has 0 radical (unpaired) electrons. The van der Waals surface area contributed by atoms with E-state index in [-0.39, 0.29) is 180 Å². The Balaban J connectivity index is 1.05. The maximum atomic E-state index is 14.4. The van der Waals surface area contributed by atoms with Gasteiger partial charge in [-0.05, 0) is 147 Å². The van der Waals surface area contributed by atoms with Crippen molar-refractivity contribution in [1.29, 1.82) is 0 Å². The molecular weight excluding hydrogens is 1360 g/mol. The normalized spacial score (nSPS) is 16.8. The first-order valence-electron chi connectivity index (χ1n) is 35.8. The van der Waals surface area contributed by atoms with Crippen molar-refractivity contribution >= 4 is 98.8 Å². The van der Waals surface area contributed by atoms with Gasteiger partial charge in [-0.1, -0.05) is 60.7 Å². The van der Waals surface area contributed by atoms with Crippen molar-refractivity contribution in [3.05, 3.63) is 90.0 Å². The molecule has 0 spiro atoms. The van der Waals surface area contributed by atoms with Crippen molar-refractivity contribution in [3.63, 3.8) is 0 Å². The first kappa shape index (κ1) is 83.9. The summed E-state index contributed by atoms with van der Waals surface area (Å²) in [6, 6.07) is 18.9. The summed E-state index contributed by atoms with van der Waals surface area (Å²) in [5, 5.41) is 82.5. The minimum atomic E-state index is -1.46. The van der Waals surface area contributed by atoms with Crippen LogP contribution in [0.3, 0.4) is 0 Å². The van der Waals surface area contributed by atoms with E-state index in [1.54, 1.807) is 26.7 Å². The molecule has 1 aliphatic heterocycles. The number of nitrogens with one attached hydrogen (secondary N) is 8. The van der Waals surface area contributed by atoms with Crippen molar-refractivity contribution in [2.24, 2.45) is 11.8 Å². The standard InChI is InChI=1S/C73H102N12O20/c1-105-53-28-24-48(25-29-53)12-10-20-61(86)76-43-62(87)78-57(17-6-8-30-74-63(88)44-82-32-34-83(45-65(91)92)36-38-85(47-67(95)96)39-37-84(35-33-82)46-66(93)94)69(98)77-42-49-22-26-50(27-23-49)68(97)79-60(41-56-54-15-4-2-13-51(54)40-52-14-3-5-16-55(52)56)70(99)75-31-9-7-18-58(71(100)101)80-73(104)81-59(72(102)103)19-11-21-64(89)90/h2-5,13-16,24-25,28-29,40,49-50,57-60H,6-12,17-23,26-27,30-39,41-47H2,1H3,(H,74,88)(H,75,99)(H,76,86)(H,77,98)(H,78,87)(H,79,97)(H,89,90)(H,91,92)(H,93,94)(H,95,96)(H,100,101)(H,102,103)(H2,80,81,104)/t49-,50-,57-,58-,59-,60-/m0/s1. The average molecular weight is 1470 g/mol. The van der Waals surface area contributed by atoms with Gasteiger partial charge in [0.25, 0.3) is 0 Å². The molecule has 105 heavy (non-hydrogen) atoms. The number of unbranched alkanes of at least 4 members (excludes halogenated alkanes) is 2. The third-order valence-electron chi connectivity index (χ3n) is 18.8. The summed E-state index contributed by atoms with van der Waals surface area (Å²) in [6.07, 6.45) is 3.95. The molecular formula is C73H102N12O20. The molecule has 0 aromatic heterocycles. The summed E-state index contributed by atoms with van der Waals surface area (Å²) in [4.78, 5) is 172. The largest absolute Gasteiger partial charge is 0.497 e. The van der Waals surface area contributed by atoms with Gasteiger partial charge >= 0.3 is 41.8 Å². The van der Waals surface area contributed by atoms with Crippen LogP contribution in [-0.4, -0.2) is 264 Å².